The normalized spacial score (nSPS) is 10.1. The summed E-state index contributed by atoms with van der Waals surface area (Å²) in [7, 11) is 0. The third kappa shape index (κ3) is 2.05. The van der Waals surface area contributed by atoms with Crippen LogP contribution in [0.25, 0.3) is 0 Å². The van der Waals surface area contributed by atoms with E-state index in [-0.39, 0.29) is 22.1 Å². The topological polar surface area (TPSA) is 63.3 Å². The van der Waals surface area contributed by atoms with Crippen LogP contribution in [0.4, 0.5) is 4.39 Å². The molecule has 0 fully saturated rings. The maximum absolute atomic E-state index is 12.9. The molecule has 0 aliphatic heterocycles. The summed E-state index contributed by atoms with van der Waals surface area (Å²) >= 11 is 2.90. The minimum Gasteiger partial charge on any atom is -0.478 e. The summed E-state index contributed by atoms with van der Waals surface area (Å²) in [6.07, 6.45) is 0. The Morgan fingerprint density at radius 3 is 2.69 bits per heavy atom. The van der Waals surface area contributed by atoms with Crippen molar-refractivity contribution in [3.63, 3.8) is 0 Å². The fourth-order valence-electron chi connectivity index (χ4n) is 0.956. The number of benzene rings is 1. The number of carboxylic acids is 1. The molecule has 5 heteroatoms. The molecular formula is C8H7BrFNO2. The van der Waals surface area contributed by atoms with Gasteiger partial charge in [-0.2, -0.15) is 0 Å². The zero-order valence-electron chi connectivity index (χ0n) is 6.55. The molecule has 0 bridgehead atoms. The van der Waals surface area contributed by atoms with Gasteiger partial charge in [0.1, 0.15) is 5.82 Å². The quantitative estimate of drug-likeness (QED) is 0.837. The lowest BCUT2D eigenvalue weighted by Gasteiger charge is -2.04. The highest BCUT2D eigenvalue weighted by molar-refractivity contribution is 9.10. The Kier molecular flexibility index (Phi) is 3.00. The van der Waals surface area contributed by atoms with Crippen molar-refractivity contribution in [3.8, 4) is 0 Å². The average molecular weight is 248 g/mol. The van der Waals surface area contributed by atoms with Gasteiger partial charge in [-0.1, -0.05) is 0 Å². The Bertz CT molecular complexity index is 354. The maximum atomic E-state index is 12.9. The molecule has 1 rings (SSSR count). The molecule has 1 aromatic carbocycles. The second-order valence-corrected chi connectivity index (χ2v) is 3.29. The van der Waals surface area contributed by atoms with Crippen LogP contribution in [0, 0.1) is 5.82 Å². The van der Waals surface area contributed by atoms with E-state index in [4.69, 9.17) is 10.8 Å². The van der Waals surface area contributed by atoms with Gasteiger partial charge in [0.2, 0.25) is 0 Å². The van der Waals surface area contributed by atoms with E-state index >= 15 is 0 Å². The highest BCUT2D eigenvalue weighted by atomic mass is 79.9. The number of carbonyl (C=O) groups is 1. The molecule has 3 nitrogen and oxygen atoms in total. The lowest BCUT2D eigenvalue weighted by molar-refractivity contribution is 0.0695. The third-order valence-corrected chi connectivity index (χ3v) is 2.20. The first-order valence-electron chi connectivity index (χ1n) is 3.47. The molecule has 0 radical (unpaired) electrons. The molecule has 1 aromatic rings. The van der Waals surface area contributed by atoms with Crippen LogP contribution in [-0.2, 0) is 6.54 Å². The van der Waals surface area contributed by atoms with Gasteiger partial charge in [0.15, 0.2) is 0 Å². The fraction of sp³-hybridized carbons (Fsp3) is 0.125. The average Bonchev–Trinajstić information content (AvgIpc) is 2.08. The molecule has 70 valence electrons. The Labute approximate surface area is 82.5 Å². The first-order chi connectivity index (χ1) is 6.06. The van der Waals surface area contributed by atoms with Gasteiger partial charge in [-0.3, -0.25) is 0 Å². The zero-order valence-corrected chi connectivity index (χ0v) is 8.14. The first-order valence-corrected chi connectivity index (χ1v) is 4.27. The van der Waals surface area contributed by atoms with Gasteiger partial charge in [-0.15, -0.1) is 0 Å². The highest BCUT2D eigenvalue weighted by Gasteiger charge is 2.12. The minimum atomic E-state index is -1.11. The Morgan fingerprint density at radius 2 is 2.23 bits per heavy atom. The van der Waals surface area contributed by atoms with Gasteiger partial charge in [-0.25, -0.2) is 9.18 Å². The molecular weight excluding hydrogens is 241 g/mol. The van der Waals surface area contributed by atoms with Crippen LogP contribution in [0.15, 0.2) is 16.6 Å². The van der Waals surface area contributed by atoms with Gasteiger partial charge in [0.25, 0.3) is 0 Å². The van der Waals surface area contributed by atoms with E-state index in [1.165, 1.54) is 6.07 Å². The minimum absolute atomic E-state index is 0.00579. The van der Waals surface area contributed by atoms with Crippen molar-refractivity contribution in [3.05, 3.63) is 33.5 Å². The molecule has 3 N–H and O–H groups in total. The SMILES string of the molecule is NCc1cc(F)c(Br)cc1C(=O)O. The first kappa shape index (κ1) is 10.1. The second-order valence-electron chi connectivity index (χ2n) is 2.43. The molecule has 0 aromatic heterocycles. The maximum Gasteiger partial charge on any atom is 0.336 e. The van der Waals surface area contributed by atoms with E-state index < -0.39 is 11.8 Å². The van der Waals surface area contributed by atoms with Crippen molar-refractivity contribution in [2.45, 2.75) is 6.54 Å². The highest BCUT2D eigenvalue weighted by Crippen LogP contribution is 2.20. The van der Waals surface area contributed by atoms with Crippen molar-refractivity contribution in [2.75, 3.05) is 0 Å². The summed E-state index contributed by atoms with van der Waals surface area (Å²) in [6, 6.07) is 2.33. The summed E-state index contributed by atoms with van der Waals surface area (Å²) in [5.74, 6) is -1.62. The van der Waals surface area contributed by atoms with Gasteiger partial charge in [0, 0.05) is 6.54 Å². The van der Waals surface area contributed by atoms with Crippen molar-refractivity contribution in [2.24, 2.45) is 5.73 Å². The van der Waals surface area contributed by atoms with Crippen LogP contribution in [0.5, 0.6) is 0 Å². The van der Waals surface area contributed by atoms with Crippen LogP contribution in [-0.4, -0.2) is 11.1 Å². The monoisotopic (exact) mass is 247 g/mol. The van der Waals surface area contributed by atoms with E-state index in [2.05, 4.69) is 15.9 Å². The van der Waals surface area contributed by atoms with Crippen molar-refractivity contribution in [1.29, 1.82) is 0 Å². The smallest absolute Gasteiger partial charge is 0.336 e. The van der Waals surface area contributed by atoms with E-state index in [0.717, 1.165) is 6.07 Å². The summed E-state index contributed by atoms with van der Waals surface area (Å²) < 4.78 is 13.0. The molecule has 0 saturated carbocycles. The number of rotatable bonds is 2. The Hall–Kier alpha value is -0.940. The van der Waals surface area contributed by atoms with Crippen LogP contribution in [0.3, 0.4) is 0 Å². The van der Waals surface area contributed by atoms with E-state index in [0.29, 0.717) is 0 Å². The number of aromatic carboxylic acids is 1. The predicted molar refractivity (Wildman–Crippen MR) is 49.0 cm³/mol. The molecule has 0 spiro atoms. The summed E-state index contributed by atoms with van der Waals surface area (Å²) in [5, 5.41) is 8.71. The van der Waals surface area contributed by atoms with Gasteiger partial charge >= 0.3 is 5.97 Å². The van der Waals surface area contributed by atoms with Crippen molar-refractivity contribution in [1.82, 2.24) is 0 Å². The lowest BCUT2D eigenvalue weighted by Crippen LogP contribution is -2.07. The molecule has 0 aliphatic carbocycles. The molecule has 0 amide bonds. The van der Waals surface area contributed by atoms with Crippen LogP contribution in [0.1, 0.15) is 15.9 Å². The number of halogens is 2. The molecule has 0 heterocycles. The summed E-state index contributed by atoms with van der Waals surface area (Å²) in [4.78, 5) is 10.6. The van der Waals surface area contributed by atoms with Crippen LogP contribution >= 0.6 is 15.9 Å². The van der Waals surface area contributed by atoms with E-state index in [1.54, 1.807) is 0 Å². The molecule has 13 heavy (non-hydrogen) atoms. The third-order valence-electron chi connectivity index (χ3n) is 1.60. The van der Waals surface area contributed by atoms with Crippen molar-refractivity contribution < 1.29 is 14.3 Å². The molecule has 0 aliphatic rings. The zero-order chi connectivity index (χ0) is 10.0. The second kappa shape index (κ2) is 3.85. The van der Waals surface area contributed by atoms with Crippen LogP contribution in [0.2, 0.25) is 0 Å². The number of hydrogen-bond donors (Lipinski definition) is 2. The molecule has 0 atom stereocenters. The van der Waals surface area contributed by atoms with Crippen LogP contribution < -0.4 is 5.73 Å². The fourth-order valence-corrected chi connectivity index (χ4v) is 1.30. The number of carboxylic acid groups (broad SMARTS) is 1. The van der Waals surface area contributed by atoms with Gasteiger partial charge < -0.3 is 10.8 Å². The Morgan fingerprint density at radius 1 is 1.62 bits per heavy atom. The molecule has 0 unspecified atom stereocenters. The van der Waals surface area contributed by atoms with Crippen molar-refractivity contribution >= 4 is 21.9 Å². The standard InChI is InChI=1S/C8H7BrFNO2/c9-6-2-5(8(12)13)4(3-11)1-7(6)10/h1-2H,3,11H2,(H,12,13). The lowest BCUT2D eigenvalue weighted by atomic mass is 10.1. The van der Waals surface area contributed by atoms with E-state index in [9.17, 15) is 9.18 Å². The van der Waals surface area contributed by atoms with E-state index in [1.807, 2.05) is 0 Å². The van der Waals surface area contributed by atoms with Gasteiger partial charge in [0.05, 0.1) is 10.0 Å². The summed E-state index contributed by atoms with van der Waals surface area (Å²) in [5.41, 5.74) is 5.57. The predicted octanol–water partition coefficient (Wildman–Crippen LogP) is 1.75. The Balaban J connectivity index is 3.33. The number of nitrogens with two attached hydrogens (primary N) is 1. The largest absolute Gasteiger partial charge is 0.478 e. The van der Waals surface area contributed by atoms with Gasteiger partial charge in [-0.05, 0) is 33.6 Å². The number of hydrogen-bond acceptors (Lipinski definition) is 2. The molecule has 0 saturated heterocycles. The summed E-state index contributed by atoms with van der Waals surface area (Å²) in [6.45, 7) is 0.00579.